The normalized spacial score (nSPS) is 13.4. The van der Waals surface area contributed by atoms with E-state index in [1.165, 1.54) is 17.8 Å². The van der Waals surface area contributed by atoms with Crippen molar-refractivity contribution in [3.05, 3.63) is 90.1 Å². The van der Waals surface area contributed by atoms with Crippen LogP contribution in [-0.2, 0) is 6.18 Å². The number of nitrogens with zero attached hydrogens (tertiary/aromatic N) is 3. The van der Waals surface area contributed by atoms with Crippen LogP contribution in [0.2, 0.25) is 0 Å². The van der Waals surface area contributed by atoms with Crippen molar-refractivity contribution in [2.45, 2.75) is 13.1 Å². The van der Waals surface area contributed by atoms with Crippen molar-refractivity contribution in [3.63, 3.8) is 0 Å². The molecular formula is C29H29F3N8O. The molecule has 1 aromatic heterocycles. The minimum atomic E-state index is -4.50. The number of aryl methyl sites for hydroxylation is 1. The molecule has 0 unspecified atom stereocenters. The second-order valence-electron chi connectivity index (χ2n) is 9.50. The first-order chi connectivity index (χ1) is 19.7. The predicted molar refractivity (Wildman–Crippen MR) is 155 cm³/mol. The molecule has 212 valence electrons. The number of nitrogens with one attached hydrogen (secondary N) is 5. The molecule has 1 aliphatic rings. The molecular weight excluding hydrogens is 533 g/mol. The van der Waals surface area contributed by atoms with E-state index in [2.05, 4.69) is 53.6 Å². The Kier molecular flexibility index (Phi) is 8.20. The maximum absolute atomic E-state index is 13.0. The van der Waals surface area contributed by atoms with E-state index in [-0.39, 0.29) is 5.69 Å². The van der Waals surface area contributed by atoms with E-state index in [1.807, 2.05) is 19.1 Å². The molecule has 0 saturated carbocycles. The molecule has 1 fully saturated rings. The standard InChI is InChI=1S/C29H29F3N8O/c1-19-18-34-27(36-21-8-10-25(11-9-21)40-14-12-33-13-15-40)39-26(19)35-23-6-3-7-24(17-23)38-28(41)37-22-5-2-4-20(16-22)29(30,31)32/h2-11,16-18,33H,12-15H2,1H3,(H2,37,38,41)(H2,34,35,36,39). The first-order valence-corrected chi connectivity index (χ1v) is 13.0. The van der Waals surface area contributed by atoms with Crippen molar-refractivity contribution >= 4 is 46.2 Å². The SMILES string of the molecule is Cc1cnc(Nc2ccc(N3CCNCC3)cc2)nc1Nc1cccc(NC(=O)Nc2cccc(C(F)(F)F)c2)c1. The number of aromatic nitrogens is 2. The number of carbonyl (C=O) groups is 1. The first-order valence-electron chi connectivity index (χ1n) is 13.0. The van der Waals surface area contributed by atoms with Crippen molar-refractivity contribution in [1.82, 2.24) is 15.3 Å². The van der Waals surface area contributed by atoms with Crippen LogP contribution in [-0.4, -0.2) is 42.2 Å². The second-order valence-corrected chi connectivity index (χ2v) is 9.50. The molecule has 5 N–H and O–H groups in total. The van der Waals surface area contributed by atoms with Gasteiger partial charge in [-0.05, 0) is 67.6 Å². The van der Waals surface area contributed by atoms with Gasteiger partial charge < -0.3 is 31.5 Å². The van der Waals surface area contributed by atoms with Crippen LogP contribution in [0.4, 0.5) is 58.2 Å². The monoisotopic (exact) mass is 562 g/mol. The van der Waals surface area contributed by atoms with Crippen LogP contribution < -0.4 is 31.5 Å². The molecule has 12 heteroatoms. The van der Waals surface area contributed by atoms with Crippen LogP contribution >= 0.6 is 0 Å². The van der Waals surface area contributed by atoms with E-state index in [0.717, 1.165) is 49.6 Å². The zero-order valence-corrected chi connectivity index (χ0v) is 22.2. The molecule has 0 spiro atoms. The van der Waals surface area contributed by atoms with Crippen molar-refractivity contribution in [2.75, 3.05) is 52.3 Å². The van der Waals surface area contributed by atoms with E-state index in [4.69, 9.17) is 0 Å². The van der Waals surface area contributed by atoms with Crippen LogP contribution in [0.25, 0.3) is 0 Å². The third-order valence-electron chi connectivity index (χ3n) is 6.41. The molecule has 2 heterocycles. The lowest BCUT2D eigenvalue weighted by atomic mass is 10.2. The molecule has 1 aliphatic heterocycles. The van der Waals surface area contributed by atoms with Gasteiger partial charge in [0.25, 0.3) is 0 Å². The Morgan fingerprint density at radius 3 is 2.22 bits per heavy atom. The zero-order chi connectivity index (χ0) is 28.8. The highest BCUT2D eigenvalue weighted by molar-refractivity contribution is 6.00. The highest BCUT2D eigenvalue weighted by Crippen LogP contribution is 2.31. The minimum Gasteiger partial charge on any atom is -0.369 e. The molecule has 1 saturated heterocycles. The first kappa shape index (κ1) is 27.7. The fraction of sp³-hybridized carbons (Fsp3) is 0.207. The number of halogens is 3. The summed E-state index contributed by atoms with van der Waals surface area (Å²) in [6, 6.07) is 18.8. The zero-order valence-electron chi connectivity index (χ0n) is 22.2. The van der Waals surface area contributed by atoms with E-state index in [9.17, 15) is 18.0 Å². The number of hydrogen-bond acceptors (Lipinski definition) is 7. The summed E-state index contributed by atoms with van der Waals surface area (Å²) >= 11 is 0. The fourth-order valence-electron chi connectivity index (χ4n) is 4.31. The van der Waals surface area contributed by atoms with Crippen LogP contribution in [0.5, 0.6) is 0 Å². The van der Waals surface area contributed by atoms with Gasteiger partial charge in [-0.3, -0.25) is 0 Å². The number of alkyl halides is 3. The summed E-state index contributed by atoms with van der Waals surface area (Å²) in [5.74, 6) is 0.994. The van der Waals surface area contributed by atoms with E-state index >= 15 is 0 Å². The number of anilines is 7. The Balaban J connectivity index is 1.22. The lowest BCUT2D eigenvalue weighted by Gasteiger charge is -2.29. The quantitative estimate of drug-likeness (QED) is 0.179. The molecule has 0 atom stereocenters. The van der Waals surface area contributed by atoms with Gasteiger partial charge in [0.2, 0.25) is 5.95 Å². The van der Waals surface area contributed by atoms with Gasteiger partial charge in [0.05, 0.1) is 5.56 Å². The largest absolute Gasteiger partial charge is 0.416 e. The average Bonchev–Trinajstić information content (AvgIpc) is 2.95. The summed E-state index contributed by atoms with van der Waals surface area (Å²) in [6.45, 7) is 5.76. The van der Waals surface area contributed by atoms with Crippen molar-refractivity contribution in [1.29, 1.82) is 0 Å². The maximum atomic E-state index is 13.0. The van der Waals surface area contributed by atoms with E-state index in [1.54, 1.807) is 30.5 Å². The third-order valence-corrected chi connectivity index (χ3v) is 6.41. The molecule has 0 aliphatic carbocycles. The van der Waals surface area contributed by atoms with Gasteiger partial charge in [-0.15, -0.1) is 0 Å². The highest BCUT2D eigenvalue weighted by Gasteiger charge is 2.30. The van der Waals surface area contributed by atoms with Gasteiger partial charge in [-0.2, -0.15) is 18.2 Å². The van der Waals surface area contributed by atoms with Gasteiger partial charge >= 0.3 is 12.2 Å². The van der Waals surface area contributed by atoms with Gasteiger partial charge in [0, 0.05) is 66.4 Å². The summed E-state index contributed by atoms with van der Waals surface area (Å²) in [5.41, 5.74) is 3.11. The van der Waals surface area contributed by atoms with Crippen molar-refractivity contribution in [3.8, 4) is 0 Å². The van der Waals surface area contributed by atoms with Gasteiger partial charge in [0.1, 0.15) is 5.82 Å². The molecule has 4 aromatic rings. The Hall–Kier alpha value is -4.84. The van der Waals surface area contributed by atoms with Gasteiger partial charge in [0.15, 0.2) is 0 Å². The van der Waals surface area contributed by atoms with Gasteiger partial charge in [-0.25, -0.2) is 9.78 Å². The minimum absolute atomic E-state index is 0.0293. The summed E-state index contributed by atoms with van der Waals surface area (Å²) in [6.07, 6.45) is -2.80. The smallest absolute Gasteiger partial charge is 0.369 e. The highest BCUT2D eigenvalue weighted by atomic mass is 19.4. The lowest BCUT2D eigenvalue weighted by molar-refractivity contribution is -0.137. The van der Waals surface area contributed by atoms with E-state index < -0.39 is 17.8 Å². The Bertz CT molecular complexity index is 1500. The average molecular weight is 563 g/mol. The summed E-state index contributed by atoms with van der Waals surface area (Å²) in [4.78, 5) is 23.8. The van der Waals surface area contributed by atoms with E-state index in [0.29, 0.717) is 23.1 Å². The lowest BCUT2D eigenvalue weighted by Crippen LogP contribution is -2.43. The Morgan fingerprint density at radius 1 is 0.854 bits per heavy atom. The molecule has 3 aromatic carbocycles. The molecule has 0 radical (unpaired) electrons. The van der Waals surface area contributed by atoms with Crippen molar-refractivity contribution < 1.29 is 18.0 Å². The second kappa shape index (κ2) is 12.1. The molecule has 5 rings (SSSR count). The van der Waals surface area contributed by atoms with Crippen LogP contribution in [0.3, 0.4) is 0 Å². The van der Waals surface area contributed by atoms with Crippen LogP contribution in [0.15, 0.2) is 79.0 Å². The van der Waals surface area contributed by atoms with Gasteiger partial charge in [-0.1, -0.05) is 12.1 Å². The maximum Gasteiger partial charge on any atom is 0.416 e. The number of piperazine rings is 1. The summed E-state index contributed by atoms with van der Waals surface area (Å²) in [5, 5.41) is 14.9. The fourth-order valence-corrected chi connectivity index (χ4v) is 4.31. The molecule has 41 heavy (non-hydrogen) atoms. The van der Waals surface area contributed by atoms with Crippen LogP contribution in [0, 0.1) is 6.92 Å². The molecule has 0 bridgehead atoms. The number of carbonyl (C=O) groups excluding carboxylic acids is 1. The van der Waals surface area contributed by atoms with Crippen molar-refractivity contribution in [2.24, 2.45) is 0 Å². The summed E-state index contributed by atoms with van der Waals surface area (Å²) < 4.78 is 38.9. The third kappa shape index (κ3) is 7.42. The summed E-state index contributed by atoms with van der Waals surface area (Å²) in [7, 11) is 0. The number of urea groups is 1. The molecule has 2 amide bonds. The molecule has 9 nitrogen and oxygen atoms in total. The predicted octanol–water partition coefficient (Wildman–Crippen LogP) is 6.34. The van der Waals surface area contributed by atoms with Crippen LogP contribution in [0.1, 0.15) is 11.1 Å². The number of amides is 2. The Morgan fingerprint density at radius 2 is 1.51 bits per heavy atom. The Labute approximate surface area is 235 Å². The number of hydrogen-bond donors (Lipinski definition) is 5. The number of rotatable bonds is 7. The number of benzene rings is 3. The topological polar surface area (TPSA) is 106 Å².